The van der Waals surface area contributed by atoms with E-state index in [0.717, 1.165) is 40.7 Å². The number of amides is 1. The molecule has 6 nitrogen and oxygen atoms in total. The van der Waals surface area contributed by atoms with Crippen LogP contribution in [0.25, 0.3) is 21.5 Å². The number of thiophene rings is 1. The molecule has 1 aliphatic rings. The molecule has 1 amide bonds. The summed E-state index contributed by atoms with van der Waals surface area (Å²) < 4.78 is 0. The van der Waals surface area contributed by atoms with Crippen LogP contribution >= 0.6 is 22.7 Å². The second kappa shape index (κ2) is 8.12. The molecule has 8 heteroatoms. The number of hydrogen-bond acceptors (Lipinski definition) is 6. The van der Waals surface area contributed by atoms with Crippen molar-refractivity contribution in [2.75, 3.05) is 5.32 Å². The molecule has 0 aliphatic heterocycles. The van der Waals surface area contributed by atoms with Crippen LogP contribution in [0.1, 0.15) is 35.5 Å². The van der Waals surface area contributed by atoms with E-state index in [-0.39, 0.29) is 17.9 Å². The fraction of sp³-hybridized carbons (Fsp3) is 0.273. The van der Waals surface area contributed by atoms with Crippen molar-refractivity contribution in [2.45, 2.75) is 38.5 Å². The molecule has 30 heavy (non-hydrogen) atoms. The highest BCUT2D eigenvalue weighted by Gasteiger charge is 2.20. The maximum absolute atomic E-state index is 12.6. The van der Waals surface area contributed by atoms with Crippen molar-refractivity contribution < 1.29 is 4.79 Å². The predicted molar refractivity (Wildman–Crippen MR) is 121 cm³/mol. The second-order valence-electron chi connectivity index (χ2n) is 7.36. The molecule has 0 unspecified atom stereocenters. The highest BCUT2D eigenvalue weighted by Crippen LogP contribution is 2.33. The first kappa shape index (κ1) is 19.1. The van der Waals surface area contributed by atoms with Gasteiger partial charge in [-0.05, 0) is 31.2 Å². The Morgan fingerprint density at radius 3 is 2.83 bits per heavy atom. The lowest BCUT2D eigenvalue weighted by Gasteiger charge is -2.09. The van der Waals surface area contributed by atoms with Crippen LogP contribution in [0.5, 0.6) is 0 Å². The molecule has 4 aromatic rings. The Balaban J connectivity index is 1.26. The van der Waals surface area contributed by atoms with Crippen LogP contribution in [0, 0.1) is 0 Å². The number of aromatic nitrogens is 3. The molecule has 1 aliphatic carbocycles. The molecule has 0 atom stereocenters. The number of rotatable bonds is 5. The SMILES string of the molecule is O=C(CCc1nc2sc3c(c2c(=O)[nH]1)CCCC3)Nc1nc(-c2ccccc2)cs1. The molecule has 0 saturated heterocycles. The molecule has 3 aromatic heterocycles. The fourth-order valence-corrected chi connectivity index (χ4v) is 5.83. The monoisotopic (exact) mass is 436 g/mol. The number of H-pyrrole nitrogens is 1. The molecule has 0 bridgehead atoms. The Kier molecular flexibility index (Phi) is 5.18. The number of benzene rings is 1. The Morgan fingerprint density at radius 2 is 1.97 bits per heavy atom. The van der Waals surface area contributed by atoms with Crippen LogP contribution in [0.2, 0.25) is 0 Å². The van der Waals surface area contributed by atoms with Gasteiger partial charge < -0.3 is 10.3 Å². The molecule has 5 rings (SSSR count). The van der Waals surface area contributed by atoms with Gasteiger partial charge in [0.2, 0.25) is 5.91 Å². The van der Waals surface area contributed by atoms with Gasteiger partial charge in [-0.15, -0.1) is 22.7 Å². The third-order valence-electron chi connectivity index (χ3n) is 5.28. The maximum atomic E-state index is 12.6. The van der Waals surface area contributed by atoms with E-state index in [4.69, 9.17) is 0 Å². The molecule has 0 fully saturated rings. The summed E-state index contributed by atoms with van der Waals surface area (Å²) in [4.78, 5) is 39.1. The zero-order chi connectivity index (χ0) is 20.5. The Hall–Kier alpha value is -2.84. The first-order chi connectivity index (χ1) is 14.7. The van der Waals surface area contributed by atoms with Crippen molar-refractivity contribution in [3.05, 3.63) is 62.3 Å². The molecule has 0 saturated carbocycles. The van der Waals surface area contributed by atoms with E-state index in [9.17, 15) is 9.59 Å². The van der Waals surface area contributed by atoms with Crippen molar-refractivity contribution in [3.8, 4) is 11.3 Å². The number of aryl methyl sites for hydroxylation is 3. The highest BCUT2D eigenvalue weighted by molar-refractivity contribution is 7.18. The number of nitrogens with zero attached hydrogens (tertiary/aromatic N) is 2. The molecule has 152 valence electrons. The van der Waals surface area contributed by atoms with E-state index >= 15 is 0 Å². The number of carbonyl (C=O) groups excluding carboxylic acids is 1. The number of aromatic amines is 1. The molecule has 0 radical (unpaired) electrons. The van der Waals surface area contributed by atoms with Gasteiger partial charge in [0.05, 0.1) is 11.1 Å². The minimum atomic E-state index is -0.141. The first-order valence-corrected chi connectivity index (χ1v) is 11.7. The largest absolute Gasteiger partial charge is 0.310 e. The van der Waals surface area contributed by atoms with E-state index < -0.39 is 0 Å². The van der Waals surface area contributed by atoms with Gasteiger partial charge in [0.25, 0.3) is 5.56 Å². The maximum Gasteiger partial charge on any atom is 0.259 e. The highest BCUT2D eigenvalue weighted by atomic mass is 32.1. The summed E-state index contributed by atoms with van der Waals surface area (Å²) in [5.41, 5.74) is 2.96. The number of anilines is 1. The molecular formula is C22H20N4O2S2. The van der Waals surface area contributed by atoms with Gasteiger partial charge in [-0.2, -0.15) is 0 Å². The van der Waals surface area contributed by atoms with Crippen molar-refractivity contribution in [3.63, 3.8) is 0 Å². The quantitative estimate of drug-likeness (QED) is 0.480. The minimum Gasteiger partial charge on any atom is -0.310 e. The lowest BCUT2D eigenvalue weighted by Crippen LogP contribution is -2.16. The standard InChI is InChI=1S/C22H20N4O2S2/c27-18(26-22-23-15(12-29-22)13-6-2-1-3-7-13)11-10-17-24-20(28)19-14-8-4-5-9-16(14)30-21(19)25-17/h1-3,6-7,12H,4-5,8-11H2,(H,23,26,27)(H,24,25,28). The van der Waals surface area contributed by atoms with Crippen LogP contribution in [-0.2, 0) is 24.1 Å². The Bertz CT molecular complexity index is 1270. The summed E-state index contributed by atoms with van der Waals surface area (Å²) in [6.45, 7) is 0. The zero-order valence-electron chi connectivity index (χ0n) is 16.2. The molecule has 2 N–H and O–H groups in total. The minimum absolute atomic E-state index is 0.0813. The number of hydrogen-bond donors (Lipinski definition) is 2. The fourth-order valence-electron chi connectivity index (χ4n) is 3.81. The number of thiazole rings is 1. The topological polar surface area (TPSA) is 87.7 Å². The van der Waals surface area contributed by atoms with Gasteiger partial charge in [0, 0.05) is 28.7 Å². The van der Waals surface area contributed by atoms with E-state index in [2.05, 4.69) is 20.3 Å². The number of nitrogens with one attached hydrogen (secondary N) is 2. The van der Waals surface area contributed by atoms with Crippen molar-refractivity contribution in [2.24, 2.45) is 0 Å². The average Bonchev–Trinajstić information content (AvgIpc) is 3.37. The van der Waals surface area contributed by atoms with Crippen LogP contribution in [0.15, 0.2) is 40.5 Å². The number of carbonyl (C=O) groups is 1. The van der Waals surface area contributed by atoms with Crippen LogP contribution in [0.4, 0.5) is 5.13 Å². The average molecular weight is 437 g/mol. The summed E-state index contributed by atoms with van der Waals surface area (Å²) in [7, 11) is 0. The summed E-state index contributed by atoms with van der Waals surface area (Å²) in [5, 5.41) is 6.09. The zero-order valence-corrected chi connectivity index (χ0v) is 17.9. The van der Waals surface area contributed by atoms with Crippen LogP contribution in [-0.4, -0.2) is 20.9 Å². The summed E-state index contributed by atoms with van der Waals surface area (Å²) in [6, 6.07) is 9.85. The van der Waals surface area contributed by atoms with Crippen molar-refractivity contribution in [1.29, 1.82) is 0 Å². The van der Waals surface area contributed by atoms with Gasteiger partial charge in [-0.25, -0.2) is 9.97 Å². The Labute approximate surface area is 181 Å². The van der Waals surface area contributed by atoms with E-state index in [1.165, 1.54) is 28.2 Å². The van der Waals surface area contributed by atoms with Gasteiger partial charge in [-0.3, -0.25) is 9.59 Å². The van der Waals surface area contributed by atoms with Crippen LogP contribution in [0.3, 0.4) is 0 Å². The second-order valence-corrected chi connectivity index (χ2v) is 9.30. The van der Waals surface area contributed by atoms with Crippen molar-refractivity contribution >= 4 is 43.9 Å². The van der Waals surface area contributed by atoms with E-state index in [1.54, 1.807) is 11.3 Å². The summed E-state index contributed by atoms with van der Waals surface area (Å²) >= 11 is 3.02. The van der Waals surface area contributed by atoms with Crippen LogP contribution < -0.4 is 10.9 Å². The van der Waals surface area contributed by atoms with E-state index in [1.807, 2.05) is 35.7 Å². The predicted octanol–water partition coefficient (Wildman–Crippen LogP) is 4.56. The van der Waals surface area contributed by atoms with Gasteiger partial charge in [0.1, 0.15) is 10.7 Å². The summed E-state index contributed by atoms with van der Waals surface area (Å²) in [6.07, 6.45) is 4.92. The Morgan fingerprint density at radius 1 is 1.13 bits per heavy atom. The van der Waals surface area contributed by atoms with E-state index in [0.29, 0.717) is 17.4 Å². The third-order valence-corrected chi connectivity index (χ3v) is 7.23. The lowest BCUT2D eigenvalue weighted by molar-refractivity contribution is -0.116. The van der Waals surface area contributed by atoms with Gasteiger partial charge in [-0.1, -0.05) is 30.3 Å². The molecule has 1 aromatic carbocycles. The van der Waals surface area contributed by atoms with Gasteiger partial charge >= 0.3 is 0 Å². The first-order valence-electron chi connectivity index (χ1n) is 10.0. The molecule has 3 heterocycles. The van der Waals surface area contributed by atoms with Crippen molar-refractivity contribution in [1.82, 2.24) is 15.0 Å². The lowest BCUT2D eigenvalue weighted by atomic mass is 9.97. The number of fused-ring (bicyclic) bond motifs is 3. The third kappa shape index (κ3) is 3.80. The smallest absolute Gasteiger partial charge is 0.259 e. The molecule has 0 spiro atoms. The molecular weight excluding hydrogens is 416 g/mol. The van der Waals surface area contributed by atoms with Gasteiger partial charge in [0.15, 0.2) is 5.13 Å². The summed E-state index contributed by atoms with van der Waals surface area (Å²) in [5.74, 6) is 0.419. The normalized spacial score (nSPS) is 13.3.